The summed E-state index contributed by atoms with van der Waals surface area (Å²) in [6, 6.07) is 0. The number of carbonyl (C=O) groups excluding carboxylic acids is 1. The van der Waals surface area contributed by atoms with E-state index in [1.165, 1.54) is 6.42 Å². The minimum atomic E-state index is -0.172. The van der Waals surface area contributed by atoms with Crippen molar-refractivity contribution in [1.29, 1.82) is 0 Å². The van der Waals surface area contributed by atoms with Crippen LogP contribution < -0.4 is 11.1 Å². The van der Waals surface area contributed by atoms with Crippen molar-refractivity contribution in [2.24, 2.45) is 11.7 Å². The molecule has 0 unspecified atom stereocenters. The molecule has 0 aliphatic carbocycles. The third-order valence-corrected chi connectivity index (χ3v) is 1.89. The average Bonchev–Trinajstić information content (AvgIpc) is 1.88. The van der Waals surface area contributed by atoms with Crippen molar-refractivity contribution in [1.82, 2.24) is 5.32 Å². The van der Waals surface area contributed by atoms with Crippen LogP contribution in [0.5, 0.6) is 0 Å². The van der Waals surface area contributed by atoms with Gasteiger partial charge in [0.05, 0.1) is 0 Å². The van der Waals surface area contributed by atoms with Crippen LogP contribution in [0.2, 0.25) is 0 Å². The molecule has 66 valence electrons. The summed E-state index contributed by atoms with van der Waals surface area (Å²) in [6.45, 7) is 2.05. The highest BCUT2D eigenvalue weighted by molar-refractivity contribution is 5.85. The van der Waals surface area contributed by atoms with E-state index >= 15 is 0 Å². The molecule has 1 aliphatic heterocycles. The number of halogens is 1. The maximum atomic E-state index is 10.5. The molecule has 0 aromatic heterocycles. The summed E-state index contributed by atoms with van der Waals surface area (Å²) in [7, 11) is 0. The molecule has 0 saturated carbocycles. The SMILES string of the molecule is Cl.NC(=O)C[C@H]1CCCNC1. The Bertz CT molecular complexity index is 124. The fourth-order valence-electron chi connectivity index (χ4n) is 1.38. The van der Waals surface area contributed by atoms with Crippen LogP contribution in [-0.2, 0) is 4.79 Å². The Labute approximate surface area is 73.1 Å². The molecular formula is C7H15ClN2O. The largest absolute Gasteiger partial charge is 0.370 e. The molecule has 1 rings (SSSR count). The Morgan fingerprint density at radius 2 is 2.36 bits per heavy atom. The molecule has 1 saturated heterocycles. The van der Waals surface area contributed by atoms with E-state index in [2.05, 4.69) is 5.32 Å². The molecule has 1 atom stereocenters. The van der Waals surface area contributed by atoms with Gasteiger partial charge in [-0.15, -0.1) is 12.4 Å². The molecule has 3 nitrogen and oxygen atoms in total. The zero-order valence-electron chi connectivity index (χ0n) is 6.51. The Balaban J connectivity index is 0.000001000. The van der Waals surface area contributed by atoms with E-state index in [1.807, 2.05) is 0 Å². The first-order chi connectivity index (χ1) is 4.79. The first-order valence-electron chi connectivity index (χ1n) is 3.78. The molecule has 1 aliphatic rings. The van der Waals surface area contributed by atoms with E-state index < -0.39 is 0 Å². The number of primary amides is 1. The normalized spacial score (nSPS) is 23.8. The van der Waals surface area contributed by atoms with Gasteiger partial charge in [-0.05, 0) is 31.8 Å². The molecule has 1 heterocycles. The van der Waals surface area contributed by atoms with Gasteiger partial charge in [-0.3, -0.25) is 4.79 Å². The van der Waals surface area contributed by atoms with Gasteiger partial charge in [0, 0.05) is 6.42 Å². The van der Waals surface area contributed by atoms with Gasteiger partial charge >= 0.3 is 0 Å². The van der Waals surface area contributed by atoms with Crippen LogP contribution >= 0.6 is 12.4 Å². The van der Waals surface area contributed by atoms with Gasteiger partial charge in [0.2, 0.25) is 5.91 Å². The summed E-state index contributed by atoms with van der Waals surface area (Å²) in [5.74, 6) is 0.319. The molecule has 0 aromatic carbocycles. The van der Waals surface area contributed by atoms with Crippen molar-refractivity contribution < 1.29 is 4.79 Å². The zero-order valence-corrected chi connectivity index (χ0v) is 7.32. The van der Waals surface area contributed by atoms with E-state index in [4.69, 9.17) is 5.73 Å². The Morgan fingerprint density at radius 3 is 2.82 bits per heavy atom. The van der Waals surface area contributed by atoms with Crippen LogP contribution in [-0.4, -0.2) is 19.0 Å². The molecule has 1 fully saturated rings. The van der Waals surface area contributed by atoms with E-state index in [0.29, 0.717) is 12.3 Å². The topological polar surface area (TPSA) is 55.1 Å². The van der Waals surface area contributed by atoms with Crippen LogP contribution in [0.3, 0.4) is 0 Å². The summed E-state index contributed by atoms with van der Waals surface area (Å²) < 4.78 is 0. The Hall–Kier alpha value is -0.280. The van der Waals surface area contributed by atoms with Crippen LogP contribution in [0.25, 0.3) is 0 Å². The maximum Gasteiger partial charge on any atom is 0.217 e. The molecule has 0 spiro atoms. The predicted molar refractivity (Wildman–Crippen MR) is 46.7 cm³/mol. The smallest absolute Gasteiger partial charge is 0.217 e. The van der Waals surface area contributed by atoms with Crippen molar-refractivity contribution >= 4 is 18.3 Å². The standard InChI is InChI=1S/C7H14N2O.ClH/c8-7(10)4-6-2-1-3-9-5-6;/h6,9H,1-5H2,(H2,8,10);1H/t6-;/m1./s1. The third-order valence-electron chi connectivity index (χ3n) is 1.89. The lowest BCUT2D eigenvalue weighted by Gasteiger charge is -2.20. The van der Waals surface area contributed by atoms with Crippen LogP contribution in [0.4, 0.5) is 0 Å². The fraction of sp³-hybridized carbons (Fsp3) is 0.857. The third kappa shape index (κ3) is 4.22. The lowest BCUT2D eigenvalue weighted by atomic mass is 9.96. The number of amides is 1. The van der Waals surface area contributed by atoms with Crippen molar-refractivity contribution in [2.45, 2.75) is 19.3 Å². The van der Waals surface area contributed by atoms with Crippen LogP contribution in [0.15, 0.2) is 0 Å². The van der Waals surface area contributed by atoms with E-state index in [1.54, 1.807) is 0 Å². The van der Waals surface area contributed by atoms with Gasteiger partial charge in [0.25, 0.3) is 0 Å². The molecule has 0 bridgehead atoms. The second-order valence-corrected chi connectivity index (χ2v) is 2.88. The molecule has 0 aromatic rings. The highest BCUT2D eigenvalue weighted by atomic mass is 35.5. The predicted octanol–water partition coefficient (Wildman–Crippen LogP) is 0.283. The highest BCUT2D eigenvalue weighted by Crippen LogP contribution is 2.12. The van der Waals surface area contributed by atoms with Gasteiger partial charge in [-0.1, -0.05) is 0 Å². The summed E-state index contributed by atoms with van der Waals surface area (Å²) in [4.78, 5) is 10.5. The molecule has 3 N–H and O–H groups in total. The number of rotatable bonds is 2. The maximum absolute atomic E-state index is 10.5. The van der Waals surface area contributed by atoms with Gasteiger partial charge in [-0.2, -0.15) is 0 Å². The molecule has 4 heteroatoms. The molecular weight excluding hydrogens is 164 g/mol. The number of nitrogens with one attached hydrogen (secondary N) is 1. The quantitative estimate of drug-likeness (QED) is 0.639. The van der Waals surface area contributed by atoms with E-state index in [9.17, 15) is 4.79 Å². The van der Waals surface area contributed by atoms with Crippen molar-refractivity contribution in [3.63, 3.8) is 0 Å². The minimum absolute atomic E-state index is 0. The van der Waals surface area contributed by atoms with Gasteiger partial charge in [-0.25, -0.2) is 0 Å². The second kappa shape index (κ2) is 5.38. The zero-order chi connectivity index (χ0) is 7.40. The molecule has 0 radical (unpaired) electrons. The van der Waals surface area contributed by atoms with E-state index in [0.717, 1.165) is 19.5 Å². The number of hydrogen-bond acceptors (Lipinski definition) is 2. The van der Waals surface area contributed by atoms with Crippen LogP contribution in [0, 0.1) is 5.92 Å². The fourth-order valence-corrected chi connectivity index (χ4v) is 1.38. The number of piperidine rings is 1. The second-order valence-electron chi connectivity index (χ2n) is 2.88. The van der Waals surface area contributed by atoms with Gasteiger partial charge < -0.3 is 11.1 Å². The number of carbonyl (C=O) groups is 1. The Kier molecular flexibility index (Phi) is 5.24. The minimum Gasteiger partial charge on any atom is -0.370 e. The number of nitrogens with two attached hydrogens (primary N) is 1. The van der Waals surface area contributed by atoms with Crippen LogP contribution in [0.1, 0.15) is 19.3 Å². The van der Waals surface area contributed by atoms with Gasteiger partial charge in [0.1, 0.15) is 0 Å². The van der Waals surface area contributed by atoms with Crippen molar-refractivity contribution in [2.75, 3.05) is 13.1 Å². The summed E-state index contributed by atoms with van der Waals surface area (Å²) in [6.07, 6.45) is 2.88. The summed E-state index contributed by atoms with van der Waals surface area (Å²) >= 11 is 0. The summed E-state index contributed by atoms with van der Waals surface area (Å²) in [5.41, 5.74) is 5.06. The monoisotopic (exact) mass is 178 g/mol. The first kappa shape index (κ1) is 10.7. The molecule has 1 amide bonds. The van der Waals surface area contributed by atoms with Gasteiger partial charge in [0.15, 0.2) is 0 Å². The number of hydrogen-bond donors (Lipinski definition) is 2. The molecule has 11 heavy (non-hydrogen) atoms. The van der Waals surface area contributed by atoms with Crippen molar-refractivity contribution in [3.05, 3.63) is 0 Å². The van der Waals surface area contributed by atoms with Crippen molar-refractivity contribution in [3.8, 4) is 0 Å². The average molecular weight is 179 g/mol. The lowest BCUT2D eigenvalue weighted by molar-refractivity contribution is -0.119. The lowest BCUT2D eigenvalue weighted by Crippen LogP contribution is -2.32. The highest BCUT2D eigenvalue weighted by Gasteiger charge is 2.14. The first-order valence-corrected chi connectivity index (χ1v) is 3.78. The van der Waals surface area contributed by atoms with E-state index in [-0.39, 0.29) is 18.3 Å². The Morgan fingerprint density at radius 1 is 1.64 bits per heavy atom. The summed E-state index contributed by atoms with van der Waals surface area (Å²) in [5, 5.41) is 3.23.